The number of hydrogen-bond donors (Lipinski definition) is 0. The number of carbonyl (C=O) groups excluding carboxylic acids is 1. The molecule has 2 aromatic carbocycles. The van der Waals surface area contributed by atoms with Gasteiger partial charge in [-0.2, -0.15) is 0 Å². The van der Waals surface area contributed by atoms with Gasteiger partial charge in [0.15, 0.2) is 5.75 Å². The van der Waals surface area contributed by atoms with Crippen LogP contribution in [0.5, 0.6) is 5.75 Å². The zero-order valence-corrected chi connectivity index (χ0v) is 20.4. The summed E-state index contributed by atoms with van der Waals surface area (Å²) in [6, 6.07) is 16.2. The lowest BCUT2D eigenvalue weighted by atomic mass is 9.96. The van der Waals surface area contributed by atoms with Gasteiger partial charge in [0, 0.05) is 24.2 Å². The first-order valence-corrected chi connectivity index (χ1v) is 11.4. The number of amides is 1. The molecule has 2 heterocycles. The summed E-state index contributed by atoms with van der Waals surface area (Å²) >= 11 is 0. The fourth-order valence-electron chi connectivity index (χ4n) is 3.76. The monoisotopic (exact) mass is 447 g/mol. The fourth-order valence-corrected chi connectivity index (χ4v) is 3.76. The molecule has 1 amide bonds. The Morgan fingerprint density at radius 3 is 2.24 bits per heavy atom. The molecule has 3 aromatic rings. The molecule has 0 saturated carbocycles. The number of aromatic nitrogens is 2. The van der Waals surface area contributed by atoms with Gasteiger partial charge in [0.25, 0.3) is 0 Å². The summed E-state index contributed by atoms with van der Waals surface area (Å²) in [7, 11) is 1.64. The molecule has 0 radical (unpaired) electrons. The van der Waals surface area contributed by atoms with E-state index in [1.807, 2.05) is 65.0 Å². The number of hydrogen-bond acceptors (Lipinski definition) is 5. The van der Waals surface area contributed by atoms with Crippen LogP contribution in [-0.2, 0) is 17.7 Å². The lowest BCUT2D eigenvalue weighted by Crippen LogP contribution is -2.39. The van der Waals surface area contributed by atoms with Gasteiger partial charge >= 0.3 is 6.09 Å². The minimum atomic E-state index is -0.513. The van der Waals surface area contributed by atoms with Crippen molar-refractivity contribution in [2.45, 2.75) is 53.2 Å². The summed E-state index contributed by atoms with van der Waals surface area (Å²) < 4.78 is 11.3. The Morgan fingerprint density at radius 2 is 1.61 bits per heavy atom. The quantitative estimate of drug-likeness (QED) is 0.483. The maximum Gasteiger partial charge on any atom is 0.410 e. The van der Waals surface area contributed by atoms with Crippen molar-refractivity contribution >= 4 is 6.09 Å². The van der Waals surface area contributed by atoms with Gasteiger partial charge in [-0.1, -0.05) is 56.3 Å². The number of nitrogens with zero attached hydrogens (tertiary/aromatic N) is 3. The Balaban J connectivity index is 0.00000149. The summed E-state index contributed by atoms with van der Waals surface area (Å²) in [5, 5.41) is 0. The molecule has 4 rings (SSSR count). The van der Waals surface area contributed by atoms with Gasteiger partial charge in [-0.25, -0.2) is 14.8 Å². The minimum absolute atomic E-state index is 0.283. The number of carbonyl (C=O) groups is 1. The lowest BCUT2D eigenvalue weighted by Gasteiger charge is -2.31. The number of fused-ring (bicyclic) bond motifs is 1. The molecule has 1 aliphatic heterocycles. The SMILES string of the molecule is CC.COc1c(-c2ccccc2)ncnc1-c1ccc2c(c1)CN(C(=O)OC(C)(C)C)CC2. The molecule has 0 bridgehead atoms. The van der Waals surface area contributed by atoms with E-state index < -0.39 is 5.60 Å². The summed E-state index contributed by atoms with van der Waals surface area (Å²) in [6.45, 7) is 10.8. The van der Waals surface area contributed by atoms with Gasteiger partial charge in [0.05, 0.1) is 7.11 Å². The second kappa shape index (κ2) is 10.5. The number of ether oxygens (including phenoxy) is 2. The van der Waals surface area contributed by atoms with E-state index in [0.717, 1.165) is 34.5 Å². The van der Waals surface area contributed by atoms with E-state index in [-0.39, 0.29) is 6.09 Å². The first-order chi connectivity index (χ1) is 15.9. The first-order valence-electron chi connectivity index (χ1n) is 11.4. The largest absolute Gasteiger partial charge is 0.492 e. The normalized spacial score (nSPS) is 12.8. The molecule has 0 fully saturated rings. The zero-order chi connectivity index (χ0) is 24.0. The first kappa shape index (κ1) is 24.2. The Bertz CT molecular complexity index is 1090. The van der Waals surface area contributed by atoms with Crippen LogP contribution in [0.15, 0.2) is 54.9 Å². The molecule has 6 nitrogen and oxygen atoms in total. The van der Waals surface area contributed by atoms with Crippen LogP contribution in [0, 0.1) is 0 Å². The predicted octanol–water partition coefficient (Wildman–Crippen LogP) is 6.14. The zero-order valence-electron chi connectivity index (χ0n) is 20.4. The molecule has 33 heavy (non-hydrogen) atoms. The maximum atomic E-state index is 12.5. The molecule has 0 N–H and O–H groups in total. The van der Waals surface area contributed by atoms with Gasteiger partial charge in [-0.05, 0) is 44.4 Å². The van der Waals surface area contributed by atoms with Crippen LogP contribution in [0.1, 0.15) is 45.7 Å². The fraction of sp³-hybridized carbons (Fsp3) is 0.370. The Morgan fingerprint density at radius 1 is 0.939 bits per heavy atom. The molecule has 174 valence electrons. The van der Waals surface area contributed by atoms with Gasteiger partial charge in [-0.3, -0.25) is 0 Å². The van der Waals surface area contributed by atoms with Crippen LogP contribution < -0.4 is 4.74 Å². The number of benzene rings is 2. The predicted molar refractivity (Wildman–Crippen MR) is 131 cm³/mol. The second-order valence-electron chi connectivity index (χ2n) is 8.61. The highest BCUT2D eigenvalue weighted by molar-refractivity contribution is 5.78. The standard InChI is InChI=1S/C25H27N3O3.C2H6/c1-25(2,3)31-24(29)28-13-12-17-10-11-19(14-20(17)15-28)22-23(30-4)21(26-16-27-22)18-8-6-5-7-9-18;1-2/h5-11,14,16H,12-13,15H2,1-4H3;1-2H3. The van der Waals surface area contributed by atoms with Gasteiger partial charge in [-0.15, -0.1) is 0 Å². The van der Waals surface area contributed by atoms with Crippen molar-refractivity contribution in [3.8, 4) is 28.3 Å². The molecular weight excluding hydrogens is 414 g/mol. The van der Waals surface area contributed by atoms with E-state index in [2.05, 4.69) is 28.2 Å². The smallest absolute Gasteiger partial charge is 0.410 e. The Hall–Kier alpha value is -3.41. The third kappa shape index (κ3) is 5.69. The van der Waals surface area contributed by atoms with E-state index in [1.54, 1.807) is 18.3 Å². The minimum Gasteiger partial charge on any atom is -0.492 e. The molecule has 0 spiro atoms. The van der Waals surface area contributed by atoms with E-state index in [1.165, 1.54) is 5.56 Å². The summed E-state index contributed by atoms with van der Waals surface area (Å²) in [5.41, 5.74) is 5.20. The molecule has 0 aliphatic carbocycles. The van der Waals surface area contributed by atoms with E-state index in [0.29, 0.717) is 18.8 Å². The molecule has 0 atom stereocenters. The van der Waals surface area contributed by atoms with Gasteiger partial charge in [0.2, 0.25) is 0 Å². The summed E-state index contributed by atoms with van der Waals surface area (Å²) in [4.78, 5) is 23.3. The molecule has 0 saturated heterocycles. The molecule has 0 unspecified atom stereocenters. The van der Waals surface area contributed by atoms with Crippen LogP contribution in [0.25, 0.3) is 22.5 Å². The van der Waals surface area contributed by atoms with Crippen molar-refractivity contribution in [3.05, 3.63) is 66.0 Å². The van der Waals surface area contributed by atoms with E-state index >= 15 is 0 Å². The Kier molecular flexibility index (Phi) is 7.69. The highest BCUT2D eigenvalue weighted by Crippen LogP contribution is 2.36. The van der Waals surface area contributed by atoms with Gasteiger partial charge in [0.1, 0.15) is 23.3 Å². The molecule has 1 aliphatic rings. The summed E-state index contributed by atoms with van der Waals surface area (Å²) in [5.74, 6) is 0.633. The van der Waals surface area contributed by atoms with Crippen LogP contribution in [0.2, 0.25) is 0 Å². The van der Waals surface area contributed by atoms with Crippen LogP contribution >= 0.6 is 0 Å². The average molecular weight is 448 g/mol. The van der Waals surface area contributed by atoms with Crippen molar-refractivity contribution in [2.75, 3.05) is 13.7 Å². The Labute approximate surface area is 196 Å². The van der Waals surface area contributed by atoms with Gasteiger partial charge < -0.3 is 14.4 Å². The number of rotatable bonds is 3. The van der Waals surface area contributed by atoms with Crippen LogP contribution in [0.4, 0.5) is 4.79 Å². The highest BCUT2D eigenvalue weighted by atomic mass is 16.6. The third-order valence-corrected chi connectivity index (χ3v) is 5.20. The van der Waals surface area contributed by atoms with Crippen LogP contribution in [0.3, 0.4) is 0 Å². The summed E-state index contributed by atoms with van der Waals surface area (Å²) in [6.07, 6.45) is 2.08. The van der Waals surface area contributed by atoms with E-state index in [9.17, 15) is 4.79 Å². The van der Waals surface area contributed by atoms with Crippen molar-refractivity contribution < 1.29 is 14.3 Å². The van der Waals surface area contributed by atoms with Crippen molar-refractivity contribution in [1.29, 1.82) is 0 Å². The van der Waals surface area contributed by atoms with Crippen molar-refractivity contribution in [3.63, 3.8) is 0 Å². The third-order valence-electron chi connectivity index (χ3n) is 5.20. The van der Waals surface area contributed by atoms with Crippen molar-refractivity contribution in [1.82, 2.24) is 14.9 Å². The maximum absolute atomic E-state index is 12.5. The second-order valence-corrected chi connectivity index (χ2v) is 8.61. The molecular formula is C27H33N3O3. The molecule has 6 heteroatoms. The highest BCUT2D eigenvalue weighted by Gasteiger charge is 2.26. The number of methoxy groups -OCH3 is 1. The van der Waals surface area contributed by atoms with E-state index in [4.69, 9.17) is 9.47 Å². The lowest BCUT2D eigenvalue weighted by molar-refractivity contribution is 0.0224. The average Bonchev–Trinajstić information content (AvgIpc) is 2.83. The van der Waals surface area contributed by atoms with Crippen molar-refractivity contribution in [2.24, 2.45) is 0 Å². The topological polar surface area (TPSA) is 64.6 Å². The van der Waals surface area contributed by atoms with Crippen LogP contribution in [-0.4, -0.2) is 40.2 Å². The molecule has 1 aromatic heterocycles.